The second-order valence-electron chi connectivity index (χ2n) is 5.56. The summed E-state index contributed by atoms with van der Waals surface area (Å²) in [5.74, 6) is 1.56. The van der Waals surface area contributed by atoms with E-state index in [1.165, 1.54) is 19.3 Å². The van der Waals surface area contributed by atoms with Crippen molar-refractivity contribution in [2.75, 3.05) is 23.3 Å². The SMILES string of the molecule is Cc1cc(Nc2cccc(C#N)c2)nc(N2CCCCC2)n1. The van der Waals surface area contributed by atoms with Crippen LogP contribution in [0.4, 0.5) is 17.5 Å². The minimum atomic E-state index is 0.632. The molecule has 1 saturated heterocycles. The van der Waals surface area contributed by atoms with Crippen LogP contribution >= 0.6 is 0 Å². The second-order valence-corrected chi connectivity index (χ2v) is 5.56. The number of nitrogens with zero attached hydrogens (tertiary/aromatic N) is 4. The Morgan fingerprint density at radius 3 is 2.73 bits per heavy atom. The van der Waals surface area contributed by atoms with Crippen molar-refractivity contribution >= 4 is 17.5 Å². The van der Waals surface area contributed by atoms with E-state index in [-0.39, 0.29) is 0 Å². The zero-order valence-corrected chi connectivity index (χ0v) is 12.7. The summed E-state index contributed by atoms with van der Waals surface area (Å²) in [6.07, 6.45) is 3.68. The monoisotopic (exact) mass is 293 g/mol. The number of rotatable bonds is 3. The molecule has 3 rings (SSSR count). The molecule has 112 valence electrons. The van der Waals surface area contributed by atoms with Crippen molar-refractivity contribution in [3.63, 3.8) is 0 Å². The number of nitriles is 1. The molecule has 0 atom stereocenters. The van der Waals surface area contributed by atoms with E-state index < -0.39 is 0 Å². The summed E-state index contributed by atoms with van der Waals surface area (Å²) in [7, 11) is 0. The lowest BCUT2D eigenvalue weighted by molar-refractivity contribution is 0.568. The normalized spacial score (nSPS) is 14.5. The van der Waals surface area contributed by atoms with Crippen LogP contribution in [0, 0.1) is 18.3 Å². The van der Waals surface area contributed by atoms with E-state index in [4.69, 9.17) is 5.26 Å². The van der Waals surface area contributed by atoms with Crippen molar-refractivity contribution in [2.24, 2.45) is 0 Å². The van der Waals surface area contributed by atoms with Gasteiger partial charge >= 0.3 is 0 Å². The lowest BCUT2D eigenvalue weighted by atomic mass is 10.1. The third kappa shape index (κ3) is 3.34. The van der Waals surface area contributed by atoms with Crippen molar-refractivity contribution in [1.29, 1.82) is 5.26 Å². The van der Waals surface area contributed by atoms with E-state index in [1.807, 2.05) is 31.2 Å². The van der Waals surface area contributed by atoms with Gasteiger partial charge in [0.25, 0.3) is 0 Å². The molecule has 1 fully saturated rings. The molecule has 2 heterocycles. The number of benzene rings is 1. The Morgan fingerprint density at radius 1 is 1.14 bits per heavy atom. The number of aromatic nitrogens is 2. The summed E-state index contributed by atoms with van der Waals surface area (Å²) in [6.45, 7) is 4.02. The van der Waals surface area contributed by atoms with Crippen molar-refractivity contribution in [1.82, 2.24) is 9.97 Å². The molecule has 1 aliphatic rings. The van der Waals surface area contributed by atoms with Gasteiger partial charge in [-0.15, -0.1) is 0 Å². The first-order chi connectivity index (χ1) is 10.7. The van der Waals surface area contributed by atoms with Crippen LogP contribution in [0.2, 0.25) is 0 Å². The average molecular weight is 293 g/mol. The van der Waals surface area contributed by atoms with E-state index >= 15 is 0 Å². The highest BCUT2D eigenvalue weighted by Gasteiger charge is 2.14. The number of nitrogens with one attached hydrogen (secondary N) is 1. The molecular formula is C17H19N5. The minimum Gasteiger partial charge on any atom is -0.341 e. The average Bonchev–Trinajstić information content (AvgIpc) is 2.55. The molecule has 0 unspecified atom stereocenters. The highest BCUT2D eigenvalue weighted by atomic mass is 15.3. The van der Waals surface area contributed by atoms with Gasteiger partial charge in [-0.2, -0.15) is 10.2 Å². The lowest BCUT2D eigenvalue weighted by Crippen LogP contribution is -2.31. The van der Waals surface area contributed by atoms with Crippen LogP contribution in [0.5, 0.6) is 0 Å². The van der Waals surface area contributed by atoms with Crippen LogP contribution in [-0.4, -0.2) is 23.1 Å². The van der Waals surface area contributed by atoms with Crippen LogP contribution in [-0.2, 0) is 0 Å². The van der Waals surface area contributed by atoms with Crippen LogP contribution in [0.3, 0.4) is 0 Å². The van der Waals surface area contributed by atoms with Crippen LogP contribution in [0.1, 0.15) is 30.5 Å². The van der Waals surface area contributed by atoms with Gasteiger partial charge in [-0.3, -0.25) is 0 Å². The van der Waals surface area contributed by atoms with Gasteiger partial charge in [0, 0.05) is 30.5 Å². The van der Waals surface area contributed by atoms with Gasteiger partial charge in [-0.05, 0) is 44.4 Å². The van der Waals surface area contributed by atoms with Crippen molar-refractivity contribution in [2.45, 2.75) is 26.2 Å². The molecule has 0 aliphatic carbocycles. The van der Waals surface area contributed by atoms with Gasteiger partial charge in [-0.1, -0.05) is 6.07 Å². The Labute approximate surface area is 130 Å². The van der Waals surface area contributed by atoms with Crippen molar-refractivity contribution in [3.05, 3.63) is 41.6 Å². The van der Waals surface area contributed by atoms with Gasteiger partial charge in [0.15, 0.2) is 0 Å². The fourth-order valence-electron chi connectivity index (χ4n) is 2.67. The number of hydrogen-bond acceptors (Lipinski definition) is 5. The third-order valence-electron chi connectivity index (χ3n) is 3.75. The number of hydrogen-bond donors (Lipinski definition) is 1. The smallest absolute Gasteiger partial charge is 0.227 e. The predicted molar refractivity (Wildman–Crippen MR) is 87.3 cm³/mol. The van der Waals surface area contributed by atoms with E-state index in [0.29, 0.717) is 5.56 Å². The maximum atomic E-state index is 8.98. The van der Waals surface area contributed by atoms with Crippen molar-refractivity contribution in [3.8, 4) is 6.07 Å². The number of anilines is 3. The second kappa shape index (κ2) is 6.44. The van der Waals surface area contributed by atoms with Gasteiger partial charge in [0.2, 0.25) is 5.95 Å². The predicted octanol–water partition coefficient (Wildman–Crippen LogP) is 3.39. The first-order valence-electron chi connectivity index (χ1n) is 7.62. The fraction of sp³-hybridized carbons (Fsp3) is 0.353. The minimum absolute atomic E-state index is 0.632. The Hall–Kier alpha value is -2.61. The topological polar surface area (TPSA) is 64.8 Å². The molecule has 0 radical (unpaired) electrons. The molecule has 1 N–H and O–H groups in total. The van der Waals surface area contributed by atoms with Gasteiger partial charge in [0.1, 0.15) is 5.82 Å². The molecule has 1 aromatic carbocycles. The van der Waals surface area contributed by atoms with Crippen LogP contribution in [0.15, 0.2) is 30.3 Å². The molecule has 1 aromatic heterocycles. The summed E-state index contributed by atoms with van der Waals surface area (Å²) < 4.78 is 0. The summed E-state index contributed by atoms with van der Waals surface area (Å²) >= 11 is 0. The molecule has 22 heavy (non-hydrogen) atoms. The van der Waals surface area contributed by atoms with Gasteiger partial charge in [0.05, 0.1) is 11.6 Å². The van der Waals surface area contributed by atoms with Crippen LogP contribution in [0.25, 0.3) is 0 Å². The number of piperidine rings is 1. The van der Waals surface area contributed by atoms with Gasteiger partial charge in [-0.25, -0.2) is 4.98 Å². The molecule has 0 saturated carbocycles. The number of aryl methyl sites for hydroxylation is 1. The highest BCUT2D eigenvalue weighted by molar-refractivity contribution is 5.59. The molecule has 0 amide bonds. The first kappa shape index (κ1) is 14.3. The zero-order valence-electron chi connectivity index (χ0n) is 12.7. The summed E-state index contributed by atoms with van der Waals surface area (Å²) in [5, 5.41) is 12.2. The Morgan fingerprint density at radius 2 is 1.95 bits per heavy atom. The van der Waals surface area contributed by atoms with E-state index in [2.05, 4.69) is 26.3 Å². The maximum absolute atomic E-state index is 8.98. The summed E-state index contributed by atoms with van der Waals surface area (Å²) in [4.78, 5) is 11.4. The fourth-order valence-corrected chi connectivity index (χ4v) is 2.67. The Balaban J connectivity index is 1.84. The van der Waals surface area contributed by atoms with E-state index in [1.54, 1.807) is 6.07 Å². The van der Waals surface area contributed by atoms with E-state index in [9.17, 15) is 0 Å². The molecule has 5 heteroatoms. The van der Waals surface area contributed by atoms with Crippen molar-refractivity contribution < 1.29 is 0 Å². The quantitative estimate of drug-likeness (QED) is 0.939. The third-order valence-corrected chi connectivity index (χ3v) is 3.75. The van der Waals surface area contributed by atoms with E-state index in [0.717, 1.165) is 36.2 Å². The Kier molecular flexibility index (Phi) is 4.19. The standard InChI is InChI=1S/C17H19N5/c1-13-10-16(20-15-7-5-6-14(11-15)12-18)21-17(19-13)22-8-3-2-4-9-22/h5-7,10-11H,2-4,8-9H2,1H3,(H,19,20,21). The summed E-state index contributed by atoms with van der Waals surface area (Å²) in [6, 6.07) is 11.5. The maximum Gasteiger partial charge on any atom is 0.227 e. The largest absolute Gasteiger partial charge is 0.341 e. The molecular weight excluding hydrogens is 274 g/mol. The summed E-state index contributed by atoms with van der Waals surface area (Å²) in [5.41, 5.74) is 2.43. The molecule has 0 spiro atoms. The lowest BCUT2D eigenvalue weighted by Gasteiger charge is -2.27. The molecule has 5 nitrogen and oxygen atoms in total. The molecule has 1 aliphatic heterocycles. The Bertz CT molecular complexity index is 698. The highest BCUT2D eigenvalue weighted by Crippen LogP contribution is 2.21. The zero-order chi connectivity index (χ0) is 15.4. The van der Waals surface area contributed by atoms with Gasteiger partial charge < -0.3 is 10.2 Å². The van der Waals surface area contributed by atoms with Crippen LogP contribution < -0.4 is 10.2 Å². The molecule has 0 bridgehead atoms. The molecule has 2 aromatic rings. The first-order valence-corrected chi connectivity index (χ1v) is 7.62.